The van der Waals surface area contributed by atoms with Crippen LogP contribution in [-0.2, 0) is 0 Å². The summed E-state index contributed by atoms with van der Waals surface area (Å²) in [5.74, 6) is 0.640. The van der Waals surface area contributed by atoms with E-state index in [9.17, 15) is 14.9 Å². The summed E-state index contributed by atoms with van der Waals surface area (Å²) < 4.78 is 5.18. The average Bonchev–Trinajstić information content (AvgIpc) is 3.44. The Hall–Kier alpha value is -4.12. The number of non-ortho nitro benzene ring substituents is 1. The van der Waals surface area contributed by atoms with E-state index in [1.165, 1.54) is 29.0 Å². The Morgan fingerprint density at radius 1 is 1.13 bits per heavy atom. The van der Waals surface area contributed by atoms with E-state index in [0.717, 1.165) is 0 Å². The number of nitrogens with zero attached hydrogens (tertiary/aromatic N) is 4. The van der Waals surface area contributed by atoms with Crippen molar-refractivity contribution in [1.29, 1.82) is 0 Å². The third-order valence-corrected chi connectivity index (χ3v) is 4.83. The van der Waals surface area contributed by atoms with Crippen molar-refractivity contribution >= 4 is 28.1 Å². The van der Waals surface area contributed by atoms with Crippen molar-refractivity contribution in [3.05, 3.63) is 69.8 Å². The van der Waals surface area contributed by atoms with E-state index in [1.54, 1.807) is 43.5 Å². The molecule has 150 valence electrons. The number of nitrogens with one attached hydrogen (secondary N) is 2. The number of carbonyl (C=O) groups excluding carboxylic acids is 1. The van der Waals surface area contributed by atoms with Gasteiger partial charge in [-0.2, -0.15) is 0 Å². The number of ether oxygens (including phenoxy) is 1. The first-order valence-electron chi connectivity index (χ1n) is 8.62. The number of H-pyrrole nitrogens is 1. The standard InChI is InChI=1S/C19H14N6O4S/c1-29-14-8-4-11(5-9-14)15-16(18(26)23-19-24-20-10-30-19)22-17(21-15)12-2-6-13(7-3-12)25(27)28/h2-10H,1H3,(H,21,22)(H,23,24,26). The molecule has 0 aliphatic carbocycles. The maximum atomic E-state index is 12.9. The van der Waals surface area contributed by atoms with Crippen molar-refractivity contribution in [3.8, 4) is 28.4 Å². The first kappa shape index (κ1) is 19.2. The van der Waals surface area contributed by atoms with E-state index >= 15 is 0 Å². The van der Waals surface area contributed by atoms with Gasteiger partial charge in [-0.3, -0.25) is 20.2 Å². The summed E-state index contributed by atoms with van der Waals surface area (Å²) in [7, 11) is 1.57. The zero-order valence-electron chi connectivity index (χ0n) is 15.5. The van der Waals surface area contributed by atoms with Crippen molar-refractivity contribution in [1.82, 2.24) is 20.2 Å². The van der Waals surface area contributed by atoms with Gasteiger partial charge in [0.05, 0.1) is 12.0 Å². The highest BCUT2D eigenvalue weighted by Gasteiger charge is 2.21. The molecule has 2 N–H and O–H groups in total. The van der Waals surface area contributed by atoms with Crippen molar-refractivity contribution in [3.63, 3.8) is 0 Å². The summed E-state index contributed by atoms with van der Waals surface area (Å²) in [5, 5.41) is 21.5. The van der Waals surface area contributed by atoms with Crippen LogP contribution in [0.1, 0.15) is 10.5 Å². The topological polar surface area (TPSA) is 136 Å². The molecule has 2 aromatic heterocycles. The fraction of sp³-hybridized carbons (Fsp3) is 0.0526. The van der Waals surface area contributed by atoms with Gasteiger partial charge in [-0.05, 0) is 36.4 Å². The maximum absolute atomic E-state index is 12.9. The number of carbonyl (C=O) groups is 1. The number of nitro groups is 1. The van der Waals surface area contributed by atoms with Crippen LogP contribution in [0.25, 0.3) is 22.6 Å². The number of anilines is 1. The van der Waals surface area contributed by atoms with Crippen molar-refractivity contribution in [2.45, 2.75) is 0 Å². The molecular formula is C19H14N6O4S. The Labute approximate surface area is 173 Å². The third-order valence-electron chi connectivity index (χ3n) is 4.23. The molecule has 0 atom stereocenters. The van der Waals surface area contributed by atoms with Crippen LogP contribution < -0.4 is 10.1 Å². The van der Waals surface area contributed by atoms with E-state index in [2.05, 4.69) is 25.5 Å². The molecule has 0 unspecified atom stereocenters. The molecule has 0 radical (unpaired) electrons. The van der Waals surface area contributed by atoms with Crippen molar-refractivity contribution < 1.29 is 14.5 Å². The van der Waals surface area contributed by atoms with Gasteiger partial charge in [0.2, 0.25) is 5.13 Å². The lowest BCUT2D eigenvalue weighted by Crippen LogP contribution is -2.13. The molecule has 0 aliphatic heterocycles. The monoisotopic (exact) mass is 422 g/mol. The molecule has 0 saturated heterocycles. The van der Waals surface area contributed by atoms with Gasteiger partial charge in [-0.15, -0.1) is 10.2 Å². The Bertz CT molecular complexity index is 1190. The van der Waals surface area contributed by atoms with E-state index in [-0.39, 0.29) is 11.4 Å². The van der Waals surface area contributed by atoms with Gasteiger partial charge in [0, 0.05) is 23.3 Å². The molecular weight excluding hydrogens is 408 g/mol. The number of amides is 1. The van der Waals surface area contributed by atoms with Gasteiger partial charge in [-0.1, -0.05) is 11.3 Å². The number of aromatic amines is 1. The van der Waals surface area contributed by atoms with Gasteiger partial charge in [0.15, 0.2) is 0 Å². The zero-order valence-corrected chi connectivity index (χ0v) is 16.3. The molecule has 4 aromatic rings. The van der Waals surface area contributed by atoms with E-state index in [1.807, 2.05) is 0 Å². The number of imidazole rings is 1. The molecule has 0 fully saturated rings. The highest BCUT2D eigenvalue weighted by Crippen LogP contribution is 2.29. The van der Waals surface area contributed by atoms with Gasteiger partial charge in [0.1, 0.15) is 28.5 Å². The summed E-state index contributed by atoms with van der Waals surface area (Å²) in [5.41, 5.74) is 3.43. The van der Waals surface area contributed by atoms with Crippen LogP contribution in [0.15, 0.2) is 54.0 Å². The number of nitro benzene ring substituents is 1. The molecule has 4 rings (SSSR count). The number of benzene rings is 2. The van der Waals surface area contributed by atoms with Crippen LogP contribution in [0.2, 0.25) is 0 Å². The first-order chi connectivity index (χ1) is 14.5. The van der Waals surface area contributed by atoms with Gasteiger partial charge < -0.3 is 9.72 Å². The second-order valence-corrected chi connectivity index (χ2v) is 6.87. The quantitative estimate of drug-likeness (QED) is 0.356. The lowest BCUT2D eigenvalue weighted by atomic mass is 10.1. The van der Waals surface area contributed by atoms with Gasteiger partial charge in [0.25, 0.3) is 11.6 Å². The summed E-state index contributed by atoms with van der Waals surface area (Å²) in [6.45, 7) is 0. The number of hydrogen-bond donors (Lipinski definition) is 2. The predicted molar refractivity (Wildman–Crippen MR) is 111 cm³/mol. The fourth-order valence-corrected chi connectivity index (χ4v) is 3.20. The summed E-state index contributed by atoms with van der Waals surface area (Å²) in [6.07, 6.45) is 0. The van der Waals surface area contributed by atoms with E-state index in [4.69, 9.17) is 4.74 Å². The summed E-state index contributed by atoms with van der Waals surface area (Å²) >= 11 is 1.19. The number of methoxy groups -OCH3 is 1. The molecule has 1 amide bonds. The van der Waals surface area contributed by atoms with E-state index < -0.39 is 10.8 Å². The normalized spacial score (nSPS) is 10.6. The summed E-state index contributed by atoms with van der Waals surface area (Å²) in [6, 6.07) is 13.0. The largest absolute Gasteiger partial charge is 0.497 e. The van der Waals surface area contributed by atoms with Gasteiger partial charge in [-0.25, -0.2) is 4.98 Å². The van der Waals surface area contributed by atoms with Crippen LogP contribution in [0, 0.1) is 10.1 Å². The van der Waals surface area contributed by atoms with Crippen molar-refractivity contribution in [2.24, 2.45) is 0 Å². The summed E-state index contributed by atoms with van der Waals surface area (Å²) in [4.78, 5) is 30.9. The Morgan fingerprint density at radius 3 is 2.43 bits per heavy atom. The minimum absolute atomic E-state index is 0.0325. The minimum atomic E-state index is -0.477. The zero-order chi connectivity index (χ0) is 21.1. The highest BCUT2D eigenvalue weighted by molar-refractivity contribution is 7.13. The molecule has 2 aromatic carbocycles. The minimum Gasteiger partial charge on any atom is -0.497 e. The molecule has 10 nitrogen and oxygen atoms in total. The second kappa shape index (κ2) is 8.09. The van der Waals surface area contributed by atoms with Crippen LogP contribution >= 0.6 is 11.3 Å². The second-order valence-electron chi connectivity index (χ2n) is 6.04. The third kappa shape index (κ3) is 3.86. The van der Waals surface area contributed by atoms with E-state index in [0.29, 0.717) is 33.5 Å². The molecule has 11 heteroatoms. The van der Waals surface area contributed by atoms with Gasteiger partial charge >= 0.3 is 0 Å². The SMILES string of the molecule is COc1ccc(-c2nc(-c3ccc([N+](=O)[O-])cc3)[nH]c2C(=O)Nc2nncs2)cc1. The number of rotatable bonds is 6. The average molecular weight is 422 g/mol. The molecule has 0 spiro atoms. The van der Waals surface area contributed by atoms with Crippen molar-refractivity contribution in [2.75, 3.05) is 12.4 Å². The molecule has 2 heterocycles. The van der Waals surface area contributed by atoms with Crippen LogP contribution in [0.4, 0.5) is 10.8 Å². The smallest absolute Gasteiger partial charge is 0.276 e. The number of hydrogen-bond acceptors (Lipinski definition) is 8. The first-order valence-corrected chi connectivity index (χ1v) is 9.50. The van der Waals surface area contributed by atoms with Crippen LogP contribution in [-0.4, -0.2) is 38.1 Å². The Morgan fingerprint density at radius 2 is 1.83 bits per heavy atom. The molecule has 0 aliphatic rings. The Kier molecular flexibility index (Phi) is 5.18. The molecule has 30 heavy (non-hydrogen) atoms. The number of aromatic nitrogens is 4. The Balaban J connectivity index is 1.75. The van der Waals surface area contributed by atoms with Crippen LogP contribution in [0.5, 0.6) is 5.75 Å². The van der Waals surface area contributed by atoms with Crippen LogP contribution in [0.3, 0.4) is 0 Å². The predicted octanol–water partition coefficient (Wildman–Crippen LogP) is 3.76. The molecule has 0 bridgehead atoms. The lowest BCUT2D eigenvalue weighted by Gasteiger charge is -2.04. The lowest BCUT2D eigenvalue weighted by molar-refractivity contribution is -0.384. The fourth-order valence-electron chi connectivity index (χ4n) is 2.76. The highest BCUT2D eigenvalue weighted by atomic mass is 32.1. The molecule has 0 saturated carbocycles. The maximum Gasteiger partial charge on any atom is 0.276 e.